The van der Waals surface area contributed by atoms with Crippen molar-refractivity contribution in [2.24, 2.45) is 0 Å². The average Bonchev–Trinajstić information content (AvgIpc) is 2.81. The van der Waals surface area contributed by atoms with Crippen LogP contribution < -0.4 is 0 Å². The summed E-state index contributed by atoms with van der Waals surface area (Å²) in [5.74, 6) is 1.07. The summed E-state index contributed by atoms with van der Waals surface area (Å²) in [7, 11) is -3.48. The lowest BCUT2D eigenvalue weighted by Gasteiger charge is -2.05. The van der Waals surface area contributed by atoms with Gasteiger partial charge in [-0.1, -0.05) is 54.6 Å². The van der Waals surface area contributed by atoms with E-state index in [0.717, 1.165) is 11.1 Å². The van der Waals surface area contributed by atoms with Crippen LogP contribution in [0.5, 0.6) is 5.75 Å². The molecule has 0 aliphatic rings. The number of benzene rings is 3. The van der Waals surface area contributed by atoms with Gasteiger partial charge in [0.1, 0.15) is 12.1 Å². The SMILES string of the molecule is O=S(=O)(CC=Cc1ccc(O)cc1)c1ccc(-c2ncnc(-c3ccccc3)n2)cc1. The molecule has 31 heavy (non-hydrogen) atoms. The van der Waals surface area contributed by atoms with Gasteiger partial charge in [0, 0.05) is 11.1 Å². The van der Waals surface area contributed by atoms with E-state index in [-0.39, 0.29) is 16.4 Å². The molecule has 6 nitrogen and oxygen atoms in total. The van der Waals surface area contributed by atoms with Crippen LogP contribution in [0.15, 0.2) is 96.2 Å². The third kappa shape index (κ3) is 5.02. The molecule has 0 amide bonds. The first-order valence-electron chi connectivity index (χ1n) is 9.54. The fourth-order valence-electron chi connectivity index (χ4n) is 2.97. The van der Waals surface area contributed by atoms with Gasteiger partial charge in [0.05, 0.1) is 10.6 Å². The van der Waals surface area contributed by atoms with Gasteiger partial charge < -0.3 is 5.11 Å². The van der Waals surface area contributed by atoms with Crippen LogP contribution in [0.25, 0.3) is 28.9 Å². The third-order valence-electron chi connectivity index (χ3n) is 4.59. The van der Waals surface area contributed by atoms with Gasteiger partial charge in [0.2, 0.25) is 0 Å². The monoisotopic (exact) mass is 429 g/mol. The van der Waals surface area contributed by atoms with Crippen LogP contribution in [-0.4, -0.2) is 34.2 Å². The molecule has 154 valence electrons. The first kappa shape index (κ1) is 20.4. The summed E-state index contributed by atoms with van der Waals surface area (Å²) in [6.45, 7) is 0. The van der Waals surface area contributed by atoms with Crippen molar-refractivity contribution in [1.29, 1.82) is 0 Å². The first-order valence-corrected chi connectivity index (χ1v) is 11.2. The van der Waals surface area contributed by atoms with Crippen molar-refractivity contribution in [3.63, 3.8) is 0 Å². The lowest BCUT2D eigenvalue weighted by atomic mass is 10.2. The highest BCUT2D eigenvalue weighted by Gasteiger charge is 2.13. The summed E-state index contributed by atoms with van der Waals surface area (Å²) >= 11 is 0. The van der Waals surface area contributed by atoms with E-state index in [0.29, 0.717) is 17.2 Å². The van der Waals surface area contributed by atoms with E-state index >= 15 is 0 Å². The highest BCUT2D eigenvalue weighted by atomic mass is 32.2. The van der Waals surface area contributed by atoms with Crippen molar-refractivity contribution in [1.82, 2.24) is 15.0 Å². The zero-order valence-corrected chi connectivity index (χ0v) is 17.3. The second kappa shape index (κ2) is 8.89. The summed E-state index contributed by atoms with van der Waals surface area (Å²) in [4.78, 5) is 13.2. The van der Waals surface area contributed by atoms with Crippen molar-refractivity contribution in [2.75, 3.05) is 5.75 Å². The average molecular weight is 430 g/mol. The highest BCUT2D eigenvalue weighted by Crippen LogP contribution is 2.21. The Morgan fingerprint density at radius 2 is 1.39 bits per heavy atom. The van der Waals surface area contributed by atoms with Gasteiger partial charge in [0.15, 0.2) is 21.5 Å². The number of rotatable bonds is 6. The number of phenols is 1. The van der Waals surface area contributed by atoms with Gasteiger partial charge in [-0.25, -0.2) is 23.4 Å². The van der Waals surface area contributed by atoms with Crippen molar-refractivity contribution in [2.45, 2.75) is 4.90 Å². The molecule has 1 heterocycles. The molecule has 0 radical (unpaired) electrons. The molecule has 4 aromatic rings. The Hall–Kier alpha value is -3.84. The topological polar surface area (TPSA) is 93.0 Å². The molecular formula is C24H19N3O3S. The summed E-state index contributed by atoms with van der Waals surface area (Å²) in [6.07, 6.45) is 4.75. The molecule has 0 atom stereocenters. The molecule has 1 aromatic heterocycles. The summed E-state index contributed by atoms with van der Waals surface area (Å²) in [6, 6.07) is 22.6. The second-order valence-electron chi connectivity index (χ2n) is 6.80. The standard InChI is InChI=1S/C24H19N3O3S/c28-21-12-8-18(9-13-21)5-4-16-31(29,30)22-14-10-20(11-15-22)24-26-17-25-23(27-24)19-6-2-1-3-7-19/h1-15,17,28H,16H2. The van der Waals surface area contributed by atoms with Crippen LogP contribution in [0.3, 0.4) is 0 Å². The first-order chi connectivity index (χ1) is 15.0. The molecule has 0 aliphatic heterocycles. The van der Waals surface area contributed by atoms with Crippen LogP contribution in [0, 0.1) is 0 Å². The maximum absolute atomic E-state index is 12.6. The Labute approximate surface area is 180 Å². The molecular weight excluding hydrogens is 410 g/mol. The fourth-order valence-corrected chi connectivity index (χ4v) is 4.06. The van der Waals surface area contributed by atoms with Crippen LogP contribution in [0.4, 0.5) is 0 Å². The van der Waals surface area contributed by atoms with Crippen molar-refractivity contribution >= 4 is 15.9 Å². The molecule has 3 aromatic carbocycles. The molecule has 0 unspecified atom stereocenters. The normalized spacial score (nSPS) is 11.6. The van der Waals surface area contributed by atoms with E-state index in [2.05, 4.69) is 15.0 Å². The van der Waals surface area contributed by atoms with Crippen LogP contribution in [0.2, 0.25) is 0 Å². The molecule has 7 heteroatoms. The third-order valence-corrected chi connectivity index (χ3v) is 6.22. The number of hydrogen-bond donors (Lipinski definition) is 1. The summed E-state index contributed by atoms with van der Waals surface area (Å²) in [5, 5.41) is 9.31. The van der Waals surface area contributed by atoms with Gasteiger partial charge in [0.25, 0.3) is 0 Å². The minimum absolute atomic E-state index is 0.128. The van der Waals surface area contributed by atoms with Gasteiger partial charge in [-0.3, -0.25) is 0 Å². The Kier molecular flexibility index (Phi) is 5.86. The van der Waals surface area contributed by atoms with E-state index in [4.69, 9.17) is 0 Å². The Balaban J connectivity index is 1.50. The molecule has 0 saturated carbocycles. The van der Waals surface area contributed by atoms with E-state index in [1.807, 2.05) is 30.3 Å². The van der Waals surface area contributed by atoms with Gasteiger partial charge in [-0.15, -0.1) is 0 Å². The van der Waals surface area contributed by atoms with Crippen molar-refractivity contribution < 1.29 is 13.5 Å². The molecule has 4 rings (SSSR count). The number of aromatic nitrogens is 3. The van der Waals surface area contributed by atoms with Crippen LogP contribution in [0.1, 0.15) is 5.56 Å². The molecule has 0 aliphatic carbocycles. The van der Waals surface area contributed by atoms with Crippen molar-refractivity contribution in [3.05, 3.63) is 96.8 Å². The number of sulfone groups is 1. The van der Waals surface area contributed by atoms with Crippen LogP contribution >= 0.6 is 0 Å². The van der Waals surface area contributed by atoms with Crippen molar-refractivity contribution in [3.8, 4) is 28.5 Å². The molecule has 0 bridgehead atoms. The molecule has 0 saturated heterocycles. The molecule has 1 N–H and O–H groups in total. The Morgan fingerprint density at radius 3 is 2.03 bits per heavy atom. The zero-order valence-electron chi connectivity index (χ0n) is 16.5. The largest absolute Gasteiger partial charge is 0.508 e. The Morgan fingerprint density at radius 1 is 0.774 bits per heavy atom. The number of hydrogen-bond acceptors (Lipinski definition) is 6. The zero-order chi connectivity index (χ0) is 21.7. The Bertz CT molecular complexity index is 1300. The quantitative estimate of drug-likeness (QED) is 0.488. The van der Waals surface area contributed by atoms with Gasteiger partial charge in [-0.05, 0) is 42.0 Å². The van der Waals surface area contributed by atoms with E-state index in [1.54, 1.807) is 60.7 Å². The van der Waals surface area contributed by atoms with E-state index in [1.165, 1.54) is 6.33 Å². The smallest absolute Gasteiger partial charge is 0.181 e. The minimum atomic E-state index is -3.48. The lowest BCUT2D eigenvalue weighted by Crippen LogP contribution is -2.04. The maximum Gasteiger partial charge on any atom is 0.181 e. The van der Waals surface area contributed by atoms with Gasteiger partial charge >= 0.3 is 0 Å². The number of phenolic OH excluding ortho intramolecular Hbond substituents is 1. The molecule has 0 fully saturated rings. The maximum atomic E-state index is 12.6. The second-order valence-corrected chi connectivity index (χ2v) is 8.83. The minimum Gasteiger partial charge on any atom is -0.508 e. The predicted molar refractivity (Wildman–Crippen MR) is 120 cm³/mol. The summed E-state index contributed by atoms with van der Waals surface area (Å²) < 4.78 is 25.3. The summed E-state index contributed by atoms with van der Waals surface area (Å²) in [5.41, 5.74) is 2.40. The highest BCUT2D eigenvalue weighted by molar-refractivity contribution is 7.91. The predicted octanol–water partition coefficient (Wildman–Crippen LogP) is 4.40. The van der Waals surface area contributed by atoms with E-state index in [9.17, 15) is 13.5 Å². The lowest BCUT2D eigenvalue weighted by molar-refractivity contribution is 0.475. The fraction of sp³-hybridized carbons (Fsp3) is 0.0417. The molecule has 0 spiro atoms. The van der Waals surface area contributed by atoms with Crippen LogP contribution in [-0.2, 0) is 9.84 Å². The number of aromatic hydroxyl groups is 1. The van der Waals surface area contributed by atoms with E-state index < -0.39 is 9.84 Å². The van der Waals surface area contributed by atoms with Gasteiger partial charge in [-0.2, -0.15) is 0 Å². The number of nitrogens with zero attached hydrogens (tertiary/aromatic N) is 3.